The van der Waals surface area contributed by atoms with Gasteiger partial charge >= 0.3 is 5.97 Å². The Labute approximate surface area is 169 Å². The fourth-order valence-corrected chi connectivity index (χ4v) is 4.01. The molecule has 0 spiro atoms. The molecule has 26 heavy (non-hydrogen) atoms. The van der Waals surface area contributed by atoms with E-state index in [0.29, 0.717) is 13.0 Å². The van der Waals surface area contributed by atoms with Crippen molar-refractivity contribution < 1.29 is 9.53 Å². The molecule has 0 bridgehead atoms. The number of hydrogen-bond acceptors (Lipinski definition) is 4. The third-order valence-corrected chi connectivity index (χ3v) is 5.61. The molecule has 0 fully saturated rings. The van der Waals surface area contributed by atoms with Gasteiger partial charge < -0.3 is 9.64 Å². The topological polar surface area (TPSA) is 29.5 Å². The monoisotopic (exact) mass is 435 g/mol. The molecular formula is C21H26BrNO2S. The molecule has 0 saturated carbocycles. The average Bonchev–Trinajstić information content (AvgIpc) is 2.64. The Morgan fingerprint density at radius 1 is 1.12 bits per heavy atom. The number of alkyl halides is 1. The molecule has 2 rings (SSSR count). The zero-order valence-electron chi connectivity index (χ0n) is 15.4. The predicted molar refractivity (Wildman–Crippen MR) is 113 cm³/mol. The molecule has 0 aliphatic heterocycles. The van der Waals surface area contributed by atoms with Crippen LogP contribution in [0.4, 0.5) is 0 Å². The van der Waals surface area contributed by atoms with Crippen LogP contribution >= 0.6 is 27.7 Å². The highest BCUT2D eigenvalue weighted by Gasteiger charge is 2.16. The number of halogens is 1. The summed E-state index contributed by atoms with van der Waals surface area (Å²) in [7, 11) is 2.15. The van der Waals surface area contributed by atoms with E-state index >= 15 is 0 Å². The summed E-state index contributed by atoms with van der Waals surface area (Å²) in [6, 6.07) is 19.0. The molecule has 5 heteroatoms. The summed E-state index contributed by atoms with van der Waals surface area (Å²) in [5, 5.41) is 0. The summed E-state index contributed by atoms with van der Waals surface area (Å²) in [5.41, 5.74) is 2.47. The Balaban J connectivity index is 1.72. The van der Waals surface area contributed by atoms with Crippen LogP contribution in [0.5, 0.6) is 0 Å². The number of nitrogens with zero attached hydrogens (tertiary/aromatic N) is 1. The van der Waals surface area contributed by atoms with Crippen molar-refractivity contribution in [3.8, 4) is 0 Å². The maximum absolute atomic E-state index is 11.7. The van der Waals surface area contributed by atoms with Gasteiger partial charge in [0, 0.05) is 23.7 Å². The van der Waals surface area contributed by atoms with Crippen LogP contribution in [0.2, 0.25) is 0 Å². The van der Waals surface area contributed by atoms with Crippen molar-refractivity contribution in [1.29, 1.82) is 0 Å². The normalized spacial score (nSPS) is 12.2. The van der Waals surface area contributed by atoms with E-state index in [1.807, 2.05) is 24.8 Å². The van der Waals surface area contributed by atoms with Crippen LogP contribution < -0.4 is 0 Å². The van der Waals surface area contributed by atoms with Crippen molar-refractivity contribution in [2.75, 3.05) is 26.0 Å². The molecule has 1 atom stereocenters. The zero-order valence-corrected chi connectivity index (χ0v) is 17.8. The minimum Gasteiger partial charge on any atom is -0.465 e. The maximum Gasteiger partial charge on any atom is 0.320 e. The van der Waals surface area contributed by atoms with Crippen molar-refractivity contribution >= 4 is 33.7 Å². The molecule has 0 aliphatic carbocycles. The highest BCUT2D eigenvalue weighted by Crippen LogP contribution is 2.20. The molecule has 0 radical (unpaired) electrons. The van der Waals surface area contributed by atoms with Crippen LogP contribution in [-0.4, -0.2) is 41.6 Å². The van der Waals surface area contributed by atoms with E-state index in [0.717, 1.165) is 24.4 Å². The molecule has 0 aliphatic rings. The molecule has 140 valence electrons. The van der Waals surface area contributed by atoms with Gasteiger partial charge in [0.1, 0.15) is 4.83 Å². The number of carbonyl (C=O) groups is 1. The fraction of sp³-hybridized carbons (Fsp3) is 0.381. The smallest absolute Gasteiger partial charge is 0.320 e. The largest absolute Gasteiger partial charge is 0.465 e. The second kappa shape index (κ2) is 11.4. The summed E-state index contributed by atoms with van der Waals surface area (Å²) < 4.78 is 5.02. The molecule has 0 saturated heterocycles. The van der Waals surface area contributed by atoms with Crippen LogP contribution in [0.25, 0.3) is 0 Å². The van der Waals surface area contributed by atoms with Gasteiger partial charge in [0.25, 0.3) is 0 Å². The highest BCUT2D eigenvalue weighted by molar-refractivity contribution is 9.10. The number of rotatable bonds is 10. The minimum atomic E-state index is -0.285. The van der Waals surface area contributed by atoms with Crippen LogP contribution in [-0.2, 0) is 22.5 Å². The van der Waals surface area contributed by atoms with Crippen molar-refractivity contribution in [2.24, 2.45) is 0 Å². The van der Waals surface area contributed by atoms with Gasteiger partial charge in [-0.25, -0.2) is 0 Å². The molecule has 0 N–H and O–H groups in total. The Bertz CT molecular complexity index is 663. The number of thioether (sulfide) groups is 1. The second-order valence-corrected chi connectivity index (χ2v) is 8.41. The number of esters is 1. The van der Waals surface area contributed by atoms with E-state index < -0.39 is 0 Å². The van der Waals surface area contributed by atoms with E-state index in [9.17, 15) is 4.79 Å². The van der Waals surface area contributed by atoms with E-state index in [1.54, 1.807) is 0 Å². The third-order valence-electron chi connectivity index (χ3n) is 3.92. The van der Waals surface area contributed by atoms with Gasteiger partial charge in [0.2, 0.25) is 0 Å². The first kappa shape index (κ1) is 21.0. The maximum atomic E-state index is 11.7. The first-order valence-electron chi connectivity index (χ1n) is 8.83. The van der Waals surface area contributed by atoms with Gasteiger partial charge in [-0.2, -0.15) is 0 Å². The summed E-state index contributed by atoms with van der Waals surface area (Å²) in [4.78, 5) is 15.0. The van der Waals surface area contributed by atoms with Gasteiger partial charge in [-0.15, -0.1) is 11.8 Å². The molecule has 3 nitrogen and oxygen atoms in total. The fourth-order valence-electron chi connectivity index (χ4n) is 2.54. The van der Waals surface area contributed by atoms with Gasteiger partial charge in [-0.3, -0.25) is 4.79 Å². The van der Waals surface area contributed by atoms with Crippen LogP contribution in [0.1, 0.15) is 18.1 Å². The van der Waals surface area contributed by atoms with Crippen molar-refractivity contribution in [1.82, 2.24) is 4.90 Å². The Morgan fingerprint density at radius 2 is 1.81 bits per heavy atom. The van der Waals surface area contributed by atoms with E-state index in [1.165, 1.54) is 10.5 Å². The second-order valence-electron chi connectivity index (χ2n) is 6.14. The van der Waals surface area contributed by atoms with Crippen molar-refractivity contribution in [2.45, 2.75) is 29.6 Å². The standard InChI is InChI=1S/C21H26BrNO2S/c1-3-25-21(24)20(22)15-17-9-11-19(12-10-17)26-14-13-23(2)16-18-7-5-4-6-8-18/h4-12,20H,3,13-16H2,1-2H3. The third kappa shape index (κ3) is 7.52. The Kier molecular flexibility index (Phi) is 9.23. The Morgan fingerprint density at radius 3 is 2.46 bits per heavy atom. The molecule has 2 aromatic rings. The lowest BCUT2D eigenvalue weighted by molar-refractivity contribution is -0.142. The number of hydrogen-bond donors (Lipinski definition) is 0. The molecular weight excluding hydrogens is 410 g/mol. The Hall–Kier alpha value is -1.30. The first-order chi connectivity index (χ1) is 12.6. The van der Waals surface area contributed by atoms with Gasteiger partial charge in [0.05, 0.1) is 6.61 Å². The summed E-state index contributed by atoms with van der Waals surface area (Å²) in [6.07, 6.45) is 0.642. The van der Waals surface area contributed by atoms with Crippen LogP contribution in [0, 0.1) is 0 Å². The van der Waals surface area contributed by atoms with E-state index in [2.05, 4.69) is 76.4 Å². The summed E-state index contributed by atoms with van der Waals surface area (Å²) in [5.74, 6) is 0.847. The quantitative estimate of drug-likeness (QED) is 0.305. The molecule has 0 heterocycles. The summed E-state index contributed by atoms with van der Waals surface area (Å²) >= 11 is 5.26. The average molecular weight is 436 g/mol. The lowest BCUT2D eigenvalue weighted by Gasteiger charge is -2.16. The minimum absolute atomic E-state index is 0.201. The molecule has 2 aromatic carbocycles. The lowest BCUT2D eigenvalue weighted by Crippen LogP contribution is -2.20. The predicted octanol–water partition coefficient (Wildman–Crippen LogP) is 4.78. The summed E-state index contributed by atoms with van der Waals surface area (Å²) in [6.45, 7) is 4.24. The molecule has 1 unspecified atom stereocenters. The van der Waals surface area contributed by atoms with Gasteiger partial charge in [-0.1, -0.05) is 58.4 Å². The number of ether oxygens (including phenoxy) is 1. The van der Waals surface area contributed by atoms with E-state index in [4.69, 9.17) is 4.74 Å². The van der Waals surface area contributed by atoms with Crippen LogP contribution in [0.15, 0.2) is 59.5 Å². The zero-order chi connectivity index (χ0) is 18.8. The molecule has 0 aromatic heterocycles. The first-order valence-corrected chi connectivity index (χ1v) is 10.7. The lowest BCUT2D eigenvalue weighted by atomic mass is 10.1. The van der Waals surface area contributed by atoms with Gasteiger partial charge in [0.15, 0.2) is 0 Å². The SMILES string of the molecule is CCOC(=O)C(Br)Cc1ccc(SCCN(C)Cc2ccccc2)cc1. The number of carbonyl (C=O) groups excluding carboxylic acids is 1. The van der Waals surface area contributed by atoms with Gasteiger partial charge in [-0.05, 0) is 43.7 Å². The van der Waals surface area contributed by atoms with E-state index in [-0.39, 0.29) is 10.8 Å². The van der Waals surface area contributed by atoms with Crippen LogP contribution in [0.3, 0.4) is 0 Å². The molecule has 0 amide bonds. The van der Waals surface area contributed by atoms with Crippen molar-refractivity contribution in [3.63, 3.8) is 0 Å². The number of benzene rings is 2. The van der Waals surface area contributed by atoms with Crippen molar-refractivity contribution in [3.05, 3.63) is 65.7 Å². The highest BCUT2D eigenvalue weighted by atomic mass is 79.9.